The quantitative estimate of drug-likeness (QED) is 0.392. The van der Waals surface area contributed by atoms with Crippen LogP contribution in [0.2, 0.25) is 0 Å². The minimum atomic E-state index is -0.737. The van der Waals surface area contributed by atoms with Gasteiger partial charge in [-0.2, -0.15) is 0 Å². The maximum absolute atomic E-state index is 13.6. The molecule has 4 heterocycles. The van der Waals surface area contributed by atoms with Gasteiger partial charge in [-0.25, -0.2) is 9.89 Å². The zero-order valence-electron chi connectivity index (χ0n) is 22.2. The molecule has 0 bridgehead atoms. The van der Waals surface area contributed by atoms with Gasteiger partial charge in [-0.05, 0) is 49.2 Å². The number of benzene rings is 2. The van der Waals surface area contributed by atoms with E-state index in [1.807, 2.05) is 31.2 Å². The SMILES string of the molecule is CC[C@H](SC1=Nc2ccccc2C2=N[C@H](CCC(=O)NCc3ccco3)C(=O)N12)C(=O)Nc1ccc2c(c1)OCO2. The van der Waals surface area contributed by atoms with Gasteiger partial charge >= 0.3 is 0 Å². The van der Waals surface area contributed by atoms with Gasteiger partial charge in [-0.1, -0.05) is 30.8 Å². The molecule has 3 aliphatic rings. The molecule has 12 heteroatoms. The Morgan fingerprint density at radius 3 is 2.80 bits per heavy atom. The molecule has 2 aromatic carbocycles. The van der Waals surface area contributed by atoms with Crippen molar-refractivity contribution < 1.29 is 28.3 Å². The normalized spacial score (nSPS) is 17.3. The predicted octanol–water partition coefficient (Wildman–Crippen LogP) is 4.21. The average Bonchev–Trinajstić information content (AvgIpc) is 3.74. The maximum atomic E-state index is 13.6. The van der Waals surface area contributed by atoms with Crippen LogP contribution in [0.3, 0.4) is 0 Å². The zero-order valence-corrected chi connectivity index (χ0v) is 23.0. The fourth-order valence-corrected chi connectivity index (χ4v) is 5.69. The predicted molar refractivity (Wildman–Crippen MR) is 153 cm³/mol. The number of carbonyl (C=O) groups is 3. The Morgan fingerprint density at radius 2 is 1.98 bits per heavy atom. The number of rotatable bonds is 9. The molecular weight excluding hydrogens is 546 g/mol. The largest absolute Gasteiger partial charge is 0.467 e. The Kier molecular flexibility index (Phi) is 7.47. The molecule has 0 aliphatic carbocycles. The maximum Gasteiger partial charge on any atom is 0.259 e. The van der Waals surface area contributed by atoms with Crippen LogP contribution in [-0.4, -0.2) is 51.7 Å². The highest BCUT2D eigenvalue weighted by Gasteiger charge is 2.42. The molecule has 2 atom stereocenters. The number of ether oxygens (including phenoxy) is 2. The van der Waals surface area contributed by atoms with E-state index in [4.69, 9.17) is 23.9 Å². The first-order valence-corrected chi connectivity index (χ1v) is 14.1. The zero-order chi connectivity index (χ0) is 28.3. The molecule has 3 aliphatic heterocycles. The summed E-state index contributed by atoms with van der Waals surface area (Å²) in [6, 6.07) is 15.4. The van der Waals surface area contributed by atoms with Crippen molar-refractivity contribution in [3.05, 3.63) is 72.2 Å². The number of amidine groups is 2. The summed E-state index contributed by atoms with van der Waals surface area (Å²) in [5, 5.41) is 5.57. The second-order valence-electron chi connectivity index (χ2n) is 9.52. The number of amides is 3. The molecule has 210 valence electrons. The van der Waals surface area contributed by atoms with Crippen LogP contribution in [0.4, 0.5) is 11.4 Å². The lowest BCUT2D eigenvalue weighted by Gasteiger charge is -2.27. The molecule has 0 spiro atoms. The Labute approximate surface area is 240 Å². The summed E-state index contributed by atoms with van der Waals surface area (Å²) in [6.45, 7) is 2.32. The summed E-state index contributed by atoms with van der Waals surface area (Å²) < 4.78 is 16.0. The van der Waals surface area contributed by atoms with Crippen LogP contribution in [0.25, 0.3) is 0 Å². The molecule has 6 rings (SSSR count). The third-order valence-electron chi connectivity index (χ3n) is 6.78. The molecule has 3 aromatic rings. The van der Waals surface area contributed by atoms with E-state index in [2.05, 4.69) is 10.6 Å². The van der Waals surface area contributed by atoms with E-state index in [0.717, 1.165) is 5.56 Å². The summed E-state index contributed by atoms with van der Waals surface area (Å²) in [7, 11) is 0. The van der Waals surface area contributed by atoms with Gasteiger partial charge in [0.05, 0.1) is 23.7 Å². The number of nitrogens with one attached hydrogen (secondary N) is 2. The lowest BCUT2D eigenvalue weighted by atomic mass is 10.1. The molecular formula is C29H27N5O6S. The second-order valence-corrected chi connectivity index (χ2v) is 10.7. The molecule has 0 unspecified atom stereocenters. The van der Waals surface area contributed by atoms with Crippen molar-refractivity contribution in [2.24, 2.45) is 9.98 Å². The van der Waals surface area contributed by atoms with Crippen molar-refractivity contribution in [3.63, 3.8) is 0 Å². The first-order chi connectivity index (χ1) is 20.0. The number of hydrogen-bond donors (Lipinski definition) is 2. The van der Waals surface area contributed by atoms with Gasteiger partial charge in [0.1, 0.15) is 17.6 Å². The van der Waals surface area contributed by atoms with E-state index in [1.165, 1.54) is 16.7 Å². The standard InChI is InChI=1S/C29H27N5O6S/c1-2-24(27(36)31-17-9-11-22-23(14-17)40-16-39-22)41-29-33-20-8-4-3-7-19(20)26-32-21(28(37)34(26)29)10-12-25(35)30-15-18-6-5-13-38-18/h3-9,11,13-14,21,24H,2,10,12,15-16H2,1H3,(H,30,35)(H,31,36)/t21-,24+/m1/s1. The molecule has 0 saturated carbocycles. The smallest absolute Gasteiger partial charge is 0.259 e. The monoisotopic (exact) mass is 573 g/mol. The summed E-state index contributed by atoms with van der Waals surface area (Å²) in [5.41, 5.74) is 1.98. The second kappa shape index (κ2) is 11.5. The fraction of sp³-hybridized carbons (Fsp3) is 0.276. The molecule has 2 N–H and O–H groups in total. The summed E-state index contributed by atoms with van der Waals surface area (Å²) in [6.07, 6.45) is 2.41. The number of fused-ring (bicyclic) bond motifs is 4. The van der Waals surface area contributed by atoms with Gasteiger partial charge in [0.25, 0.3) is 5.91 Å². The van der Waals surface area contributed by atoms with Gasteiger partial charge < -0.3 is 24.5 Å². The first-order valence-electron chi connectivity index (χ1n) is 13.3. The number of anilines is 1. The van der Waals surface area contributed by atoms with Crippen molar-refractivity contribution in [1.82, 2.24) is 10.2 Å². The number of hydrogen-bond acceptors (Lipinski definition) is 9. The Morgan fingerprint density at radius 1 is 1.12 bits per heavy atom. The van der Waals surface area contributed by atoms with Crippen molar-refractivity contribution in [2.75, 3.05) is 12.1 Å². The third-order valence-corrected chi connectivity index (χ3v) is 8.10. The van der Waals surface area contributed by atoms with Gasteiger partial charge in [0.2, 0.25) is 18.6 Å². The van der Waals surface area contributed by atoms with Crippen LogP contribution in [0, 0.1) is 0 Å². The van der Waals surface area contributed by atoms with Crippen LogP contribution in [0.1, 0.15) is 37.5 Å². The number of para-hydroxylation sites is 1. The number of carbonyl (C=O) groups excluding carboxylic acids is 3. The van der Waals surface area contributed by atoms with Crippen LogP contribution in [0.5, 0.6) is 11.5 Å². The topological polar surface area (TPSA) is 135 Å². The third kappa shape index (κ3) is 5.55. The van der Waals surface area contributed by atoms with E-state index >= 15 is 0 Å². The van der Waals surface area contributed by atoms with Crippen molar-refractivity contribution in [3.8, 4) is 11.5 Å². The van der Waals surface area contributed by atoms with Crippen LogP contribution in [0.15, 0.2) is 75.3 Å². The number of aliphatic imine (C=N–C) groups is 2. The lowest BCUT2D eigenvalue weighted by molar-refractivity contribution is -0.125. The summed E-state index contributed by atoms with van der Waals surface area (Å²) in [4.78, 5) is 50.3. The Bertz CT molecular complexity index is 1550. The number of nitrogens with zero attached hydrogens (tertiary/aromatic N) is 3. The molecule has 3 amide bonds. The van der Waals surface area contributed by atoms with Crippen molar-refractivity contribution >= 4 is 51.9 Å². The fourth-order valence-electron chi connectivity index (χ4n) is 4.67. The molecule has 11 nitrogen and oxygen atoms in total. The Hall–Kier alpha value is -4.58. The van der Waals surface area contributed by atoms with Gasteiger partial charge in [-0.15, -0.1) is 0 Å². The van der Waals surface area contributed by atoms with Crippen molar-refractivity contribution in [1.29, 1.82) is 0 Å². The summed E-state index contributed by atoms with van der Waals surface area (Å²) in [5.74, 6) is 1.63. The van der Waals surface area contributed by atoms with Gasteiger partial charge in [0.15, 0.2) is 16.7 Å². The molecule has 1 aromatic heterocycles. The van der Waals surface area contributed by atoms with Crippen LogP contribution >= 0.6 is 11.8 Å². The first kappa shape index (κ1) is 26.6. The van der Waals surface area contributed by atoms with Crippen LogP contribution < -0.4 is 20.1 Å². The highest BCUT2D eigenvalue weighted by atomic mass is 32.2. The number of furan rings is 1. The molecule has 0 radical (unpaired) electrons. The van der Waals surface area contributed by atoms with E-state index in [0.29, 0.717) is 46.1 Å². The lowest BCUT2D eigenvalue weighted by Crippen LogP contribution is -2.42. The minimum Gasteiger partial charge on any atom is -0.467 e. The highest BCUT2D eigenvalue weighted by molar-refractivity contribution is 8.15. The Balaban J connectivity index is 1.16. The van der Waals surface area contributed by atoms with E-state index in [9.17, 15) is 14.4 Å². The average molecular weight is 574 g/mol. The van der Waals surface area contributed by atoms with E-state index in [-0.39, 0.29) is 43.9 Å². The van der Waals surface area contributed by atoms with Crippen LogP contribution in [-0.2, 0) is 20.9 Å². The number of thioether (sulfide) groups is 1. The molecule has 0 fully saturated rings. The van der Waals surface area contributed by atoms with E-state index < -0.39 is 11.3 Å². The summed E-state index contributed by atoms with van der Waals surface area (Å²) >= 11 is 1.21. The highest BCUT2D eigenvalue weighted by Crippen LogP contribution is 2.37. The minimum absolute atomic E-state index is 0.124. The van der Waals surface area contributed by atoms with Gasteiger partial charge in [-0.3, -0.25) is 19.4 Å². The molecule has 41 heavy (non-hydrogen) atoms. The van der Waals surface area contributed by atoms with Gasteiger partial charge in [0, 0.05) is 23.7 Å². The molecule has 0 saturated heterocycles. The van der Waals surface area contributed by atoms with E-state index in [1.54, 1.807) is 36.6 Å². The van der Waals surface area contributed by atoms with Crippen molar-refractivity contribution in [2.45, 2.75) is 44.0 Å².